The monoisotopic (exact) mass is 710 g/mol. The van der Waals surface area contributed by atoms with Gasteiger partial charge in [-0.1, -0.05) is 29.8 Å². The fourth-order valence-corrected chi connectivity index (χ4v) is 6.54. The summed E-state index contributed by atoms with van der Waals surface area (Å²) in [6.07, 6.45) is 4.37. The van der Waals surface area contributed by atoms with Crippen LogP contribution in [0.15, 0.2) is 43.1 Å². The molecule has 0 aliphatic carbocycles. The van der Waals surface area contributed by atoms with Gasteiger partial charge in [0.05, 0.1) is 32.4 Å². The second kappa shape index (κ2) is 14.5. The number of esters is 1. The van der Waals surface area contributed by atoms with E-state index in [-0.39, 0.29) is 52.3 Å². The lowest BCUT2D eigenvalue weighted by Gasteiger charge is -2.35. The molecule has 49 heavy (non-hydrogen) atoms. The highest BCUT2D eigenvalue weighted by molar-refractivity contribution is 6.42. The second-order valence-electron chi connectivity index (χ2n) is 12.8. The molecular weight excluding hydrogens is 671 g/mol. The first-order valence-corrected chi connectivity index (χ1v) is 16.5. The van der Waals surface area contributed by atoms with E-state index < -0.39 is 11.6 Å². The van der Waals surface area contributed by atoms with Crippen LogP contribution in [-0.4, -0.2) is 67.7 Å². The van der Waals surface area contributed by atoms with Crippen LogP contribution < -0.4 is 29.5 Å². The molecule has 14 heteroatoms. The number of fused-ring (bicyclic) bond motifs is 1. The normalized spacial score (nSPS) is 15.1. The molecule has 12 nitrogen and oxygen atoms in total. The van der Waals surface area contributed by atoms with Crippen molar-refractivity contribution in [3.8, 4) is 11.5 Å². The van der Waals surface area contributed by atoms with Gasteiger partial charge >= 0.3 is 12.0 Å². The number of aromatic nitrogens is 2. The maximum Gasteiger partial charge on any atom is 0.330 e. The van der Waals surface area contributed by atoms with Gasteiger partial charge < -0.3 is 24.4 Å². The number of amides is 2. The molecule has 260 valence electrons. The smallest absolute Gasteiger partial charge is 0.330 e. The molecule has 1 saturated heterocycles. The van der Waals surface area contributed by atoms with Crippen molar-refractivity contribution < 1.29 is 28.6 Å². The third-order valence-corrected chi connectivity index (χ3v) is 9.08. The number of methoxy groups -OCH3 is 2. The molecule has 0 saturated carbocycles. The molecule has 1 fully saturated rings. The van der Waals surface area contributed by atoms with Crippen molar-refractivity contribution in [2.24, 2.45) is 5.92 Å². The number of ketones is 1. The summed E-state index contributed by atoms with van der Waals surface area (Å²) in [4.78, 5) is 53.0. The van der Waals surface area contributed by atoms with Gasteiger partial charge in [0, 0.05) is 55.8 Å². The van der Waals surface area contributed by atoms with Gasteiger partial charge in [-0.3, -0.25) is 19.4 Å². The highest BCUT2D eigenvalue weighted by Crippen LogP contribution is 2.48. The number of rotatable bonds is 10. The molecule has 0 radical (unpaired) electrons. The zero-order chi connectivity index (χ0) is 35.6. The molecule has 0 unspecified atom stereocenters. The zero-order valence-electron chi connectivity index (χ0n) is 28.4. The SMILES string of the molecule is C=CC(=O)Cc1cc(N2CCC(C(=O)OC(C)(C)C)CC2)ccc1Nc1ncc2c(n1)N(C)C(=O)N(c1c(Cl)c(OC)cc(OC)c1Cl)C2. The van der Waals surface area contributed by atoms with Crippen molar-refractivity contribution in [2.75, 3.05) is 54.4 Å². The lowest BCUT2D eigenvalue weighted by Crippen LogP contribution is -2.46. The van der Waals surface area contributed by atoms with E-state index >= 15 is 0 Å². The van der Waals surface area contributed by atoms with Gasteiger partial charge in [-0.15, -0.1) is 0 Å². The highest BCUT2D eigenvalue weighted by Gasteiger charge is 2.35. The molecule has 2 aliphatic rings. The summed E-state index contributed by atoms with van der Waals surface area (Å²) in [5, 5.41) is 3.56. The van der Waals surface area contributed by atoms with Crippen molar-refractivity contribution in [3.05, 3.63) is 64.3 Å². The average molecular weight is 712 g/mol. The molecule has 0 atom stereocenters. The number of allylic oxidation sites excluding steroid dienone is 1. The minimum Gasteiger partial charge on any atom is -0.495 e. The number of piperidine rings is 1. The van der Waals surface area contributed by atoms with E-state index in [2.05, 4.69) is 26.8 Å². The quantitative estimate of drug-likeness (QED) is 0.174. The van der Waals surface area contributed by atoms with E-state index in [1.165, 1.54) is 30.1 Å². The fourth-order valence-electron chi connectivity index (χ4n) is 5.84. The molecule has 0 spiro atoms. The van der Waals surface area contributed by atoms with Crippen molar-refractivity contribution in [2.45, 2.75) is 52.2 Å². The summed E-state index contributed by atoms with van der Waals surface area (Å²) in [5.74, 6) is 0.783. The first-order valence-electron chi connectivity index (χ1n) is 15.8. The van der Waals surface area contributed by atoms with Crippen molar-refractivity contribution in [1.82, 2.24) is 9.97 Å². The van der Waals surface area contributed by atoms with E-state index in [1.807, 2.05) is 39.0 Å². The van der Waals surface area contributed by atoms with E-state index in [9.17, 15) is 14.4 Å². The first-order chi connectivity index (χ1) is 23.2. The molecule has 2 aliphatic heterocycles. The summed E-state index contributed by atoms with van der Waals surface area (Å²) in [5.41, 5.74) is 2.66. The summed E-state index contributed by atoms with van der Waals surface area (Å²) < 4.78 is 16.4. The van der Waals surface area contributed by atoms with Gasteiger partial charge in [-0.25, -0.2) is 9.78 Å². The summed E-state index contributed by atoms with van der Waals surface area (Å²) >= 11 is 13.2. The molecule has 2 amide bonds. The molecule has 1 aromatic heterocycles. The van der Waals surface area contributed by atoms with E-state index in [0.717, 1.165) is 11.3 Å². The average Bonchev–Trinajstić information content (AvgIpc) is 3.07. The number of carbonyl (C=O) groups excluding carboxylic acids is 3. The largest absolute Gasteiger partial charge is 0.495 e. The first kappa shape index (κ1) is 35.7. The lowest BCUT2D eigenvalue weighted by atomic mass is 9.95. The summed E-state index contributed by atoms with van der Waals surface area (Å²) in [6, 6.07) is 6.92. The van der Waals surface area contributed by atoms with Gasteiger partial charge in [0.25, 0.3) is 0 Å². The van der Waals surface area contributed by atoms with Crippen LogP contribution in [0.3, 0.4) is 0 Å². The van der Waals surface area contributed by atoms with Crippen LogP contribution in [0.4, 0.5) is 33.6 Å². The Bertz CT molecular complexity index is 1760. The molecule has 3 aromatic rings. The van der Waals surface area contributed by atoms with Crippen LogP contribution in [0, 0.1) is 5.92 Å². The van der Waals surface area contributed by atoms with Gasteiger partial charge in [0.1, 0.15) is 33.0 Å². The van der Waals surface area contributed by atoms with Crippen LogP contribution in [0.5, 0.6) is 11.5 Å². The number of nitrogens with zero attached hydrogens (tertiary/aromatic N) is 5. The van der Waals surface area contributed by atoms with Gasteiger partial charge in [-0.05, 0) is 63.5 Å². The standard InChI is InChI=1S/C35H40Cl2N6O6/c1-8-24(44)16-21-15-23(42-13-11-20(12-14-42)32(45)49-35(2,3)4)9-10-25(21)39-33-38-18-22-19-43(34(46)41(5)31(22)40-33)30-28(36)26(47-6)17-27(48-7)29(30)37/h8-10,15,17-18,20H,1,11-14,16,19H2,2-7H3,(H,38,39,40). The summed E-state index contributed by atoms with van der Waals surface area (Å²) in [6.45, 7) is 10.7. The van der Waals surface area contributed by atoms with Crippen LogP contribution in [-0.2, 0) is 27.3 Å². The second-order valence-corrected chi connectivity index (χ2v) is 13.6. The lowest BCUT2D eigenvalue weighted by molar-refractivity contribution is -0.160. The van der Waals surface area contributed by atoms with Gasteiger partial charge in [0.2, 0.25) is 5.95 Å². The molecule has 3 heterocycles. The molecule has 2 aromatic carbocycles. The Kier molecular flexibility index (Phi) is 10.6. The number of benzene rings is 2. The van der Waals surface area contributed by atoms with Gasteiger partial charge in [-0.2, -0.15) is 4.98 Å². The minimum absolute atomic E-state index is 0.0902. The Morgan fingerprint density at radius 1 is 1.08 bits per heavy atom. The molecule has 5 rings (SSSR count). The van der Waals surface area contributed by atoms with Crippen molar-refractivity contribution in [1.29, 1.82) is 0 Å². The Morgan fingerprint density at radius 3 is 2.33 bits per heavy atom. The minimum atomic E-state index is -0.523. The third kappa shape index (κ3) is 7.70. The number of ether oxygens (including phenoxy) is 3. The number of nitrogens with one attached hydrogen (secondary N) is 1. The number of urea groups is 1. The number of anilines is 5. The predicted octanol–water partition coefficient (Wildman–Crippen LogP) is 6.98. The Labute approximate surface area is 295 Å². The van der Waals surface area contributed by atoms with Crippen LogP contribution >= 0.6 is 23.2 Å². The zero-order valence-corrected chi connectivity index (χ0v) is 29.9. The molecule has 0 bridgehead atoms. The van der Waals surface area contributed by atoms with Crippen molar-refractivity contribution in [3.63, 3.8) is 0 Å². The molecule has 1 N–H and O–H groups in total. The van der Waals surface area contributed by atoms with E-state index in [4.69, 9.17) is 37.4 Å². The fraction of sp³-hybridized carbons (Fsp3) is 0.400. The number of halogens is 2. The van der Waals surface area contributed by atoms with Crippen LogP contribution in [0.2, 0.25) is 10.0 Å². The topological polar surface area (TPSA) is 126 Å². The number of hydrogen-bond donors (Lipinski definition) is 1. The van der Waals surface area contributed by atoms with Crippen molar-refractivity contribution >= 4 is 69.8 Å². The van der Waals surface area contributed by atoms with E-state index in [0.29, 0.717) is 54.5 Å². The molecular formula is C35H40Cl2N6O6. The number of carbonyl (C=O) groups is 3. The van der Waals surface area contributed by atoms with Crippen LogP contribution in [0.25, 0.3) is 0 Å². The third-order valence-electron chi connectivity index (χ3n) is 8.35. The maximum absolute atomic E-state index is 13.7. The predicted molar refractivity (Wildman–Crippen MR) is 191 cm³/mol. The van der Waals surface area contributed by atoms with Gasteiger partial charge in [0.15, 0.2) is 5.78 Å². The van der Waals surface area contributed by atoms with Crippen LogP contribution in [0.1, 0.15) is 44.7 Å². The summed E-state index contributed by atoms with van der Waals surface area (Å²) in [7, 11) is 4.52. The Morgan fingerprint density at radius 2 is 1.73 bits per heavy atom. The number of hydrogen-bond acceptors (Lipinski definition) is 10. The Balaban J connectivity index is 1.38. The van der Waals surface area contributed by atoms with E-state index in [1.54, 1.807) is 19.3 Å². The maximum atomic E-state index is 13.7. The highest BCUT2D eigenvalue weighted by atomic mass is 35.5. The Hall–Kier alpha value is -4.55.